The van der Waals surface area contributed by atoms with Crippen LogP contribution in [-0.2, 0) is 4.74 Å². The summed E-state index contributed by atoms with van der Waals surface area (Å²) in [6.45, 7) is 13.2. The third-order valence-electron chi connectivity index (χ3n) is 3.37. The molecule has 1 aliphatic rings. The van der Waals surface area contributed by atoms with Gasteiger partial charge in [0, 0.05) is 18.7 Å². The van der Waals surface area contributed by atoms with Gasteiger partial charge in [-0.3, -0.25) is 0 Å². The van der Waals surface area contributed by atoms with Gasteiger partial charge >= 0.3 is 0 Å². The lowest BCUT2D eigenvalue weighted by atomic mass is 10.1. The molecule has 0 aromatic heterocycles. The second-order valence-corrected chi connectivity index (χ2v) is 6.40. The molecule has 0 aromatic rings. The van der Waals surface area contributed by atoms with Gasteiger partial charge < -0.3 is 15.0 Å². The molecule has 3 heteroatoms. The van der Waals surface area contributed by atoms with E-state index in [1.807, 2.05) is 0 Å². The van der Waals surface area contributed by atoms with Gasteiger partial charge in [-0.1, -0.05) is 6.42 Å². The predicted octanol–water partition coefficient (Wildman–Crippen LogP) is 2.66. The maximum atomic E-state index is 5.70. The van der Waals surface area contributed by atoms with Crippen molar-refractivity contribution in [1.82, 2.24) is 10.2 Å². The summed E-state index contributed by atoms with van der Waals surface area (Å²) in [6, 6.07) is 0. The average molecular weight is 256 g/mol. The number of rotatable bonds is 8. The van der Waals surface area contributed by atoms with E-state index in [-0.39, 0.29) is 5.54 Å². The Morgan fingerprint density at radius 3 is 2.39 bits per heavy atom. The van der Waals surface area contributed by atoms with Crippen molar-refractivity contribution in [3.63, 3.8) is 0 Å². The van der Waals surface area contributed by atoms with E-state index in [0.29, 0.717) is 0 Å². The van der Waals surface area contributed by atoms with Crippen LogP contribution in [0.15, 0.2) is 0 Å². The molecule has 108 valence electrons. The van der Waals surface area contributed by atoms with Gasteiger partial charge in [-0.15, -0.1) is 0 Å². The first kappa shape index (κ1) is 15.9. The highest BCUT2D eigenvalue weighted by atomic mass is 16.5. The van der Waals surface area contributed by atoms with E-state index in [2.05, 4.69) is 31.0 Å². The van der Waals surface area contributed by atoms with E-state index in [4.69, 9.17) is 4.74 Å². The molecule has 1 aliphatic heterocycles. The number of hydrogen-bond donors (Lipinski definition) is 1. The summed E-state index contributed by atoms with van der Waals surface area (Å²) in [7, 11) is 0. The molecule has 0 radical (unpaired) electrons. The van der Waals surface area contributed by atoms with Crippen LogP contribution in [0.25, 0.3) is 0 Å². The summed E-state index contributed by atoms with van der Waals surface area (Å²) < 4.78 is 5.70. The quantitative estimate of drug-likeness (QED) is 0.676. The molecule has 1 saturated heterocycles. The smallest absolute Gasteiger partial charge is 0.0593 e. The molecule has 0 aliphatic carbocycles. The molecular formula is C15H32N2O. The SMILES string of the molecule is CC(C)(C)NCCCCOCCN1CCCCC1. The highest BCUT2D eigenvalue weighted by Crippen LogP contribution is 2.07. The molecular weight excluding hydrogens is 224 g/mol. The van der Waals surface area contributed by atoms with Crippen molar-refractivity contribution in [2.24, 2.45) is 0 Å². The highest BCUT2D eigenvalue weighted by molar-refractivity contribution is 4.69. The number of nitrogens with zero attached hydrogens (tertiary/aromatic N) is 1. The normalized spacial score (nSPS) is 18.2. The van der Waals surface area contributed by atoms with Crippen LogP contribution < -0.4 is 5.32 Å². The molecule has 18 heavy (non-hydrogen) atoms. The highest BCUT2D eigenvalue weighted by Gasteiger charge is 2.09. The van der Waals surface area contributed by atoms with E-state index in [9.17, 15) is 0 Å². The zero-order valence-corrected chi connectivity index (χ0v) is 12.6. The Morgan fingerprint density at radius 1 is 1.00 bits per heavy atom. The van der Waals surface area contributed by atoms with E-state index >= 15 is 0 Å². The van der Waals surface area contributed by atoms with E-state index in [1.165, 1.54) is 45.2 Å². The Kier molecular flexibility index (Phi) is 7.87. The molecule has 0 amide bonds. The molecule has 0 saturated carbocycles. The van der Waals surface area contributed by atoms with E-state index in [0.717, 1.165) is 26.3 Å². The van der Waals surface area contributed by atoms with Gasteiger partial charge in [0.25, 0.3) is 0 Å². The maximum absolute atomic E-state index is 5.70. The fourth-order valence-corrected chi connectivity index (χ4v) is 2.27. The molecule has 1 N–H and O–H groups in total. The van der Waals surface area contributed by atoms with Crippen LogP contribution in [0.3, 0.4) is 0 Å². The van der Waals surface area contributed by atoms with Gasteiger partial charge in [-0.2, -0.15) is 0 Å². The summed E-state index contributed by atoms with van der Waals surface area (Å²) in [5, 5.41) is 3.50. The number of unbranched alkanes of at least 4 members (excludes halogenated alkanes) is 1. The first-order chi connectivity index (χ1) is 8.58. The Labute approximate surface area is 113 Å². The second-order valence-electron chi connectivity index (χ2n) is 6.40. The fourth-order valence-electron chi connectivity index (χ4n) is 2.27. The van der Waals surface area contributed by atoms with Crippen LogP contribution in [0.5, 0.6) is 0 Å². The van der Waals surface area contributed by atoms with E-state index in [1.54, 1.807) is 0 Å². The standard InChI is InChI=1S/C15H32N2O/c1-15(2,3)16-9-5-8-13-18-14-12-17-10-6-4-7-11-17/h16H,4-14H2,1-3H3. The molecule has 3 nitrogen and oxygen atoms in total. The van der Waals surface area contributed by atoms with Gasteiger partial charge in [0.1, 0.15) is 0 Å². The topological polar surface area (TPSA) is 24.5 Å². The minimum Gasteiger partial charge on any atom is -0.380 e. The van der Waals surface area contributed by atoms with Crippen LogP contribution >= 0.6 is 0 Å². The van der Waals surface area contributed by atoms with Crippen LogP contribution in [0.4, 0.5) is 0 Å². The summed E-state index contributed by atoms with van der Waals surface area (Å²) in [5.41, 5.74) is 0.245. The zero-order chi connectivity index (χ0) is 13.3. The predicted molar refractivity (Wildman–Crippen MR) is 78.1 cm³/mol. The molecule has 0 unspecified atom stereocenters. The van der Waals surface area contributed by atoms with Crippen LogP contribution in [0, 0.1) is 0 Å². The molecule has 0 atom stereocenters. The monoisotopic (exact) mass is 256 g/mol. The summed E-state index contributed by atoms with van der Waals surface area (Å²) in [6.07, 6.45) is 6.54. The first-order valence-electron chi connectivity index (χ1n) is 7.63. The maximum Gasteiger partial charge on any atom is 0.0593 e. The molecule has 1 rings (SSSR count). The van der Waals surface area contributed by atoms with Gasteiger partial charge in [0.15, 0.2) is 0 Å². The van der Waals surface area contributed by atoms with Crippen molar-refractivity contribution in [2.45, 2.75) is 58.4 Å². The van der Waals surface area contributed by atoms with Crippen molar-refractivity contribution in [2.75, 3.05) is 39.4 Å². The molecule has 0 spiro atoms. The lowest BCUT2D eigenvalue weighted by Crippen LogP contribution is -2.36. The van der Waals surface area contributed by atoms with Crippen molar-refractivity contribution >= 4 is 0 Å². The fraction of sp³-hybridized carbons (Fsp3) is 1.00. The minimum atomic E-state index is 0.245. The van der Waals surface area contributed by atoms with Crippen molar-refractivity contribution < 1.29 is 4.74 Å². The average Bonchev–Trinajstić information content (AvgIpc) is 2.32. The Morgan fingerprint density at radius 2 is 1.72 bits per heavy atom. The van der Waals surface area contributed by atoms with Crippen molar-refractivity contribution in [3.8, 4) is 0 Å². The summed E-state index contributed by atoms with van der Waals surface area (Å²) in [5.74, 6) is 0. The zero-order valence-electron chi connectivity index (χ0n) is 12.6. The van der Waals surface area contributed by atoms with Gasteiger partial charge in [-0.25, -0.2) is 0 Å². The van der Waals surface area contributed by atoms with Crippen molar-refractivity contribution in [1.29, 1.82) is 0 Å². The Bertz CT molecular complexity index is 195. The molecule has 0 bridgehead atoms. The van der Waals surface area contributed by atoms with Crippen LogP contribution in [0.1, 0.15) is 52.9 Å². The van der Waals surface area contributed by atoms with Gasteiger partial charge in [0.05, 0.1) is 6.61 Å². The largest absolute Gasteiger partial charge is 0.380 e. The van der Waals surface area contributed by atoms with Gasteiger partial charge in [0.2, 0.25) is 0 Å². The molecule has 1 fully saturated rings. The number of likely N-dealkylation sites (tertiary alicyclic amines) is 1. The molecule has 1 heterocycles. The van der Waals surface area contributed by atoms with Gasteiger partial charge in [-0.05, 0) is 66.1 Å². The minimum absolute atomic E-state index is 0.245. The molecule has 0 aromatic carbocycles. The Balaban J connectivity index is 1.81. The third-order valence-corrected chi connectivity index (χ3v) is 3.37. The number of piperidine rings is 1. The van der Waals surface area contributed by atoms with Crippen LogP contribution in [-0.4, -0.2) is 49.8 Å². The third kappa shape index (κ3) is 8.90. The van der Waals surface area contributed by atoms with E-state index < -0.39 is 0 Å². The number of nitrogens with one attached hydrogen (secondary N) is 1. The number of hydrogen-bond acceptors (Lipinski definition) is 3. The first-order valence-corrected chi connectivity index (χ1v) is 7.63. The Hall–Kier alpha value is -0.120. The van der Waals surface area contributed by atoms with Crippen LogP contribution in [0.2, 0.25) is 0 Å². The summed E-state index contributed by atoms with van der Waals surface area (Å²) in [4.78, 5) is 2.53. The lowest BCUT2D eigenvalue weighted by molar-refractivity contribution is 0.0939. The lowest BCUT2D eigenvalue weighted by Gasteiger charge is -2.26. The second kappa shape index (κ2) is 8.89. The summed E-state index contributed by atoms with van der Waals surface area (Å²) >= 11 is 0. The number of ether oxygens (including phenoxy) is 1. The van der Waals surface area contributed by atoms with Crippen molar-refractivity contribution in [3.05, 3.63) is 0 Å².